The van der Waals surface area contributed by atoms with Crippen molar-refractivity contribution in [1.29, 1.82) is 0 Å². The average Bonchev–Trinajstić information content (AvgIpc) is 3.12. The Hall–Kier alpha value is -0.0800. The van der Waals surface area contributed by atoms with Crippen molar-refractivity contribution >= 4 is 0 Å². The maximum Gasteiger partial charge on any atom is 0.0565 e. The first kappa shape index (κ1) is 52.0. The van der Waals surface area contributed by atoms with E-state index < -0.39 is 0 Å². The van der Waals surface area contributed by atoms with E-state index in [0.717, 1.165) is 12.8 Å². The van der Waals surface area contributed by atoms with Crippen LogP contribution in [0.2, 0.25) is 0 Å². The van der Waals surface area contributed by atoms with Gasteiger partial charge in [0.15, 0.2) is 0 Å². The monoisotopic (exact) mass is 709 g/mol. The second kappa shape index (κ2) is 48.9. The van der Waals surface area contributed by atoms with Crippen LogP contribution in [0.5, 0.6) is 0 Å². The molecule has 2 heteroatoms. The molecule has 2 unspecified atom stereocenters. The molecule has 0 aliphatic rings. The molecule has 0 aliphatic heterocycles. The highest BCUT2D eigenvalue weighted by atomic mass is 16.3. The van der Waals surface area contributed by atoms with Gasteiger partial charge in [0.05, 0.1) is 6.10 Å². The molecule has 0 aromatic heterocycles. The molecule has 0 spiro atoms. The van der Waals surface area contributed by atoms with Gasteiger partial charge in [0, 0.05) is 6.61 Å². The quantitative estimate of drug-likeness (QED) is 0.0620. The van der Waals surface area contributed by atoms with Gasteiger partial charge in [-0.15, -0.1) is 0 Å². The minimum Gasteiger partial charge on any atom is -0.396 e. The molecular formula is C48H100O2. The van der Waals surface area contributed by atoms with Crippen molar-refractivity contribution in [3.8, 4) is 0 Å². The Kier molecular flexibility index (Phi) is 50.9. The van der Waals surface area contributed by atoms with E-state index in [1.807, 2.05) is 0 Å². The zero-order valence-electron chi connectivity index (χ0n) is 35.7. The topological polar surface area (TPSA) is 40.5 Å². The summed E-state index contributed by atoms with van der Waals surface area (Å²) in [5.74, 6) is 0.496. The maximum absolute atomic E-state index is 10.2. The third-order valence-electron chi connectivity index (χ3n) is 11.3. The fourth-order valence-corrected chi connectivity index (χ4v) is 7.46. The first-order chi connectivity index (χ1) is 24.6. The minimum atomic E-state index is -0.0591. The normalized spacial score (nSPS) is 12.6. The maximum atomic E-state index is 10.2. The number of hydrogen-bond acceptors (Lipinski definition) is 2. The largest absolute Gasteiger partial charge is 0.396 e. The lowest BCUT2D eigenvalue weighted by Gasteiger charge is -2.18. The van der Waals surface area contributed by atoms with Crippen LogP contribution in [-0.2, 0) is 0 Å². The summed E-state index contributed by atoms with van der Waals surface area (Å²) in [5, 5.41) is 18.9. The SMILES string of the molecule is CCCCCCCCCCCC(O)C(C)CCCCCC.CCCCCCCCCCCCCCCCCCCCCCCCCCCCO. The van der Waals surface area contributed by atoms with Crippen LogP contribution >= 0.6 is 0 Å². The van der Waals surface area contributed by atoms with E-state index in [1.54, 1.807) is 0 Å². The van der Waals surface area contributed by atoms with E-state index >= 15 is 0 Å². The van der Waals surface area contributed by atoms with Gasteiger partial charge >= 0.3 is 0 Å². The molecule has 0 rings (SSSR count). The first-order valence-electron chi connectivity index (χ1n) is 23.9. The van der Waals surface area contributed by atoms with E-state index in [1.165, 1.54) is 250 Å². The standard InChI is InChI=1S/C28H58O.C20H42O/c1-2-3-4-5-6-7-8-9-10-11-12-13-14-15-16-17-18-19-20-21-22-23-24-25-26-27-28-29;1-4-6-8-10-11-12-13-14-16-18-20(21)19(3)17-15-9-7-5-2/h29H,2-28H2,1H3;19-21H,4-18H2,1-3H3. The van der Waals surface area contributed by atoms with Gasteiger partial charge in [0.25, 0.3) is 0 Å². The third kappa shape index (κ3) is 47.9. The summed E-state index contributed by atoms with van der Waals surface area (Å²) in [7, 11) is 0. The predicted molar refractivity (Wildman–Crippen MR) is 229 cm³/mol. The van der Waals surface area contributed by atoms with Crippen LogP contribution in [0.25, 0.3) is 0 Å². The van der Waals surface area contributed by atoms with Crippen LogP contribution in [0.1, 0.15) is 291 Å². The van der Waals surface area contributed by atoms with Crippen molar-refractivity contribution in [2.45, 2.75) is 297 Å². The number of hydrogen-bond donors (Lipinski definition) is 2. The van der Waals surface area contributed by atoms with E-state index in [0.29, 0.717) is 12.5 Å². The number of rotatable bonds is 42. The van der Waals surface area contributed by atoms with Crippen LogP contribution < -0.4 is 0 Å². The van der Waals surface area contributed by atoms with Gasteiger partial charge in [-0.05, 0) is 25.2 Å². The van der Waals surface area contributed by atoms with Crippen molar-refractivity contribution in [2.24, 2.45) is 5.92 Å². The highest BCUT2D eigenvalue weighted by Gasteiger charge is 2.13. The fourth-order valence-electron chi connectivity index (χ4n) is 7.46. The van der Waals surface area contributed by atoms with Crippen molar-refractivity contribution < 1.29 is 10.2 Å². The average molecular weight is 709 g/mol. The fraction of sp³-hybridized carbons (Fsp3) is 1.00. The summed E-state index contributed by atoms with van der Waals surface area (Å²) in [6, 6.07) is 0. The van der Waals surface area contributed by atoms with Crippen molar-refractivity contribution in [3.05, 3.63) is 0 Å². The summed E-state index contributed by atoms with van der Waals surface area (Å²) in [5.41, 5.74) is 0. The van der Waals surface area contributed by atoms with Crippen LogP contribution in [0.15, 0.2) is 0 Å². The molecule has 0 fully saturated rings. The molecule has 50 heavy (non-hydrogen) atoms. The zero-order chi connectivity index (χ0) is 36.9. The second-order valence-corrected chi connectivity index (χ2v) is 16.6. The molecule has 0 aliphatic carbocycles. The first-order valence-corrected chi connectivity index (χ1v) is 23.9. The summed E-state index contributed by atoms with van der Waals surface area (Å²) < 4.78 is 0. The Bertz CT molecular complexity index is 522. The summed E-state index contributed by atoms with van der Waals surface area (Å²) >= 11 is 0. The second-order valence-electron chi connectivity index (χ2n) is 16.6. The van der Waals surface area contributed by atoms with Crippen molar-refractivity contribution in [3.63, 3.8) is 0 Å². The van der Waals surface area contributed by atoms with Gasteiger partial charge in [-0.3, -0.25) is 0 Å². The number of unbranched alkanes of at least 4 members (excludes halogenated alkanes) is 36. The lowest BCUT2D eigenvalue weighted by Crippen LogP contribution is -2.17. The van der Waals surface area contributed by atoms with Crippen LogP contribution in [0, 0.1) is 5.92 Å². The molecule has 0 heterocycles. The molecule has 304 valence electrons. The Labute approximate surface area is 318 Å². The van der Waals surface area contributed by atoms with Crippen LogP contribution in [-0.4, -0.2) is 22.9 Å². The highest BCUT2D eigenvalue weighted by Crippen LogP contribution is 2.20. The Morgan fingerprint density at radius 1 is 0.280 bits per heavy atom. The molecule has 0 saturated heterocycles. The molecule has 0 aromatic carbocycles. The zero-order valence-corrected chi connectivity index (χ0v) is 35.7. The van der Waals surface area contributed by atoms with Gasteiger partial charge in [-0.1, -0.05) is 272 Å². The Morgan fingerprint density at radius 3 is 0.740 bits per heavy atom. The molecule has 0 saturated carbocycles. The van der Waals surface area contributed by atoms with E-state index in [9.17, 15) is 5.11 Å². The van der Waals surface area contributed by atoms with Crippen LogP contribution in [0.3, 0.4) is 0 Å². The lowest BCUT2D eigenvalue weighted by atomic mass is 9.93. The highest BCUT2D eigenvalue weighted by molar-refractivity contribution is 4.65. The number of aliphatic hydroxyl groups excluding tert-OH is 2. The lowest BCUT2D eigenvalue weighted by molar-refractivity contribution is 0.0985. The third-order valence-corrected chi connectivity index (χ3v) is 11.3. The summed E-state index contributed by atoms with van der Waals surface area (Å²) in [6.45, 7) is 9.43. The number of aliphatic hydroxyl groups is 2. The molecule has 2 atom stereocenters. The van der Waals surface area contributed by atoms with E-state index in [4.69, 9.17) is 5.11 Å². The minimum absolute atomic E-state index is 0.0591. The Morgan fingerprint density at radius 2 is 0.480 bits per heavy atom. The molecule has 0 bridgehead atoms. The molecule has 2 N–H and O–H groups in total. The predicted octanol–water partition coefficient (Wildman–Crippen LogP) is 17.0. The Balaban J connectivity index is 0. The van der Waals surface area contributed by atoms with Crippen LogP contribution in [0.4, 0.5) is 0 Å². The van der Waals surface area contributed by atoms with E-state index in [-0.39, 0.29) is 6.10 Å². The van der Waals surface area contributed by atoms with Gasteiger partial charge < -0.3 is 10.2 Å². The van der Waals surface area contributed by atoms with Gasteiger partial charge in [0.1, 0.15) is 0 Å². The molecule has 0 amide bonds. The van der Waals surface area contributed by atoms with Gasteiger partial charge in [0.2, 0.25) is 0 Å². The molecular weight excluding hydrogens is 609 g/mol. The van der Waals surface area contributed by atoms with Gasteiger partial charge in [-0.2, -0.15) is 0 Å². The molecule has 0 radical (unpaired) electrons. The molecule has 2 nitrogen and oxygen atoms in total. The van der Waals surface area contributed by atoms with Gasteiger partial charge in [-0.25, -0.2) is 0 Å². The van der Waals surface area contributed by atoms with Crippen molar-refractivity contribution in [2.75, 3.05) is 6.61 Å². The molecule has 0 aromatic rings. The smallest absolute Gasteiger partial charge is 0.0565 e. The summed E-state index contributed by atoms with van der Waals surface area (Å²) in [4.78, 5) is 0. The van der Waals surface area contributed by atoms with Crippen molar-refractivity contribution in [1.82, 2.24) is 0 Å². The van der Waals surface area contributed by atoms with E-state index in [2.05, 4.69) is 27.7 Å². The summed E-state index contributed by atoms with van der Waals surface area (Å²) in [6.07, 6.45) is 56.8.